The number of nitrogens with one attached hydrogen (secondary N) is 1. The van der Waals surface area contributed by atoms with Crippen LogP contribution in [0.4, 0.5) is 16.3 Å². The van der Waals surface area contributed by atoms with Crippen LogP contribution in [-0.4, -0.2) is 29.0 Å². The zero-order valence-corrected chi connectivity index (χ0v) is 13.1. The van der Waals surface area contributed by atoms with E-state index in [0.29, 0.717) is 17.3 Å². The average Bonchev–Trinajstić information content (AvgIpc) is 3.06. The topological polar surface area (TPSA) is 80.5 Å². The van der Waals surface area contributed by atoms with Crippen LogP contribution in [0.25, 0.3) is 0 Å². The van der Waals surface area contributed by atoms with Crippen molar-refractivity contribution >= 4 is 17.5 Å². The van der Waals surface area contributed by atoms with Gasteiger partial charge >= 0.3 is 6.03 Å². The normalized spacial score (nSPS) is 13.9. The fourth-order valence-electron chi connectivity index (χ4n) is 2.50. The van der Waals surface area contributed by atoms with Gasteiger partial charge in [0.25, 0.3) is 0 Å². The first-order valence-corrected chi connectivity index (χ1v) is 7.68. The maximum Gasteiger partial charge on any atom is 0.323 e. The van der Waals surface area contributed by atoms with E-state index in [0.717, 1.165) is 37.2 Å². The summed E-state index contributed by atoms with van der Waals surface area (Å²) in [6.45, 7) is 3.52. The zero-order chi connectivity index (χ0) is 16.2. The summed E-state index contributed by atoms with van der Waals surface area (Å²) >= 11 is 0. The quantitative estimate of drug-likeness (QED) is 0.851. The summed E-state index contributed by atoms with van der Waals surface area (Å²) < 4.78 is 5.80. The molecule has 1 fully saturated rings. The molecule has 0 unspecified atom stereocenters. The number of hydrogen-bond acceptors (Lipinski definition) is 4. The SMILES string of the molecule is Cc1cc(Oc2ccnc(NC(=O)N3CCCC3)c2)ccc1N. The summed E-state index contributed by atoms with van der Waals surface area (Å²) in [7, 11) is 0. The smallest absolute Gasteiger partial charge is 0.323 e. The standard InChI is InChI=1S/C17H20N4O2/c1-12-10-13(4-5-15(12)18)23-14-6-7-19-16(11-14)20-17(22)21-8-2-3-9-21/h4-7,10-11H,2-3,8-9,18H2,1H3,(H,19,20,22). The van der Waals surface area contributed by atoms with Crippen molar-refractivity contribution in [3.8, 4) is 11.5 Å². The number of pyridine rings is 1. The van der Waals surface area contributed by atoms with Gasteiger partial charge in [0, 0.05) is 31.0 Å². The zero-order valence-electron chi connectivity index (χ0n) is 13.1. The lowest BCUT2D eigenvalue weighted by Gasteiger charge is -2.16. The lowest BCUT2D eigenvalue weighted by Crippen LogP contribution is -2.32. The number of aromatic nitrogens is 1. The van der Waals surface area contributed by atoms with Crippen LogP contribution in [0.3, 0.4) is 0 Å². The molecule has 0 atom stereocenters. The molecule has 2 heterocycles. The maximum atomic E-state index is 12.1. The van der Waals surface area contributed by atoms with E-state index in [2.05, 4.69) is 10.3 Å². The molecule has 1 aromatic carbocycles. The Hall–Kier alpha value is -2.76. The second-order valence-electron chi connectivity index (χ2n) is 5.62. The van der Waals surface area contributed by atoms with Gasteiger partial charge in [0.05, 0.1) is 0 Å². The van der Waals surface area contributed by atoms with Gasteiger partial charge in [0.1, 0.15) is 17.3 Å². The number of nitrogens with two attached hydrogens (primary N) is 1. The van der Waals surface area contributed by atoms with E-state index >= 15 is 0 Å². The second kappa shape index (κ2) is 6.56. The minimum absolute atomic E-state index is 0.115. The Kier molecular flexibility index (Phi) is 4.32. The molecule has 2 aromatic rings. The Morgan fingerprint density at radius 1 is 1.22 bits per heavy atom. The highest BCUT2D eigenvalue weighted by Gasteiger charge is 2.18. The third-order valence-corrected chi connectivity index (χ3v) is 3.84. The number of likely N-dealkylation sites (tertiary alicyclic amines) is 1. The number of carbonyl (C=O) groups is 1. The summed E-state index contributed by atoms with van der Waals surface area (Å²) in [6, 6.07) is 8.83. The van der Waals surface area contributed by atoms with Crippen molar-refractivity contribution in [2.24, 2.45) is 0 Å². The predicted molar refractivity (Wildman–Crippen MR) is 89.7 cm³/mol. The number of hydrogen-bond donors (Lipinski definition) is 2. The highest BCUT2D eigenvalue weighted by molar-refractivity contribution is 5.88. The summed E-state index contributed by atoms with van der Waals surface area (Å²) in [5.41, 5.74) is 7.49. The van der Waals surface area contributed by atoms with Crippen molar-refractivity contribution in [1.82, 2.24) is 9.88 Å². The lowest BCUT2D eigenvalue weighted by atomic mass is 10.2. The van der Waals surface area contributed by atoms with Crippen LogP contribution in [0.1, 0.15) is 18.4 Å². The molecule has 6 heteroatoms. The van der Waals surface area contributed by atoms with Gasteiger partial charge in [0.15, 0.2) is 0 Å². The highest BCUT2D eigenvalue weighted by atomic mass is 16.5. The number of carbonyl (C=O) groups excluding carboxylic acids is 1. The number of nitrogens with zero attached hydrogens (tertiary/aromatic N) is 2. The van der Waals surface area contributed by atoms with Gasteiger partial charge in [-0.15, -0.1) is 0 Å². The molecule has 1 aliphatic rings. The van der Waals surface area contributed by atoms with Crippen LogP contribution in [0.15, 0.2) is 36.5 Å². The number of nitrogen functional groups attached to an aromatic ring is 1. The van der Waals surface area contributed by atoms with Crippen LogP contribution in [0, 0.1) is 6.92 Å². The van der Waals surface area contributed by atoms with Gasteiger partial charge in [-0.05, 0) is 49.6 Å². The van der Waals surface area contributed by atoms with E-state index in [1.165, 1.54) is 0 Å². The van der Waals surface area contributed by atoms with Crippen LogP contribution in [0.2, 0.25) is 0 Å². The third-order valence-electron chi connectivity index (χ3n) is 3.84. The number of urea groups is 1. The minimum Gasteiger partial charge on any atom is -0.457 e. The summed E-state index contributed by atoms with van der Waals surface area (Å²) in [5, 5.41) is 2.81. The minimum atomic E-state index is -0.115. The molecule has 23 heavy (non-hydrogen) atoms. The van der Waals surface area contributed by atoms with Gasteiger partial charge in [-0.2, -0.15) is 0 Å². The van der Waals surface area contributed by atoms with E-state index < -0.39 is 0 Å². The Labute approximate surface area is 135 Å². The predicted octanol–water partition coefficient (Wildman–Crippen LogP) is 3.39. The molecule has 3 N–H and O–H groups in total. The van der Waals surface area contributed by atoms with Crippen LogP contribution >= 0.6 is 0 Å². The van der Waals surface area contributed by atoms with Crippen molar-refractivity contribution in [3.05, 3.63) is 42.1 Å². The molecule has 0 aliphatic carbocycles. The first-order chi connectivity index (χ1) is 11.1. The lowest BCUT2D eigenvalue weighted by molar-refractivity contribution is 0.222. The van der Waals surface area contributed by atoms with Gasteiger partial charge in [-0.25, -0.2) is 9.78 Å². The van der Waals surface area contributed by atoms with Crippen LogP contribution < -0.4 is 15.8 Å². The number of ether oxygens (including phenoxy) is 1. The Bertz CT molecular complexity index is 711. The van der Waals surface area contributed by atoms with E-state index in [4.69, 9.17) is 10.5 Å². The molecule has 0 saturated carbocycles. The van der Waals surface area contributed by atoms with E-state index in [9.17, 15) is 4.79 Å². The molecule has 1 aromatic heterocycles. The monoisotopic (exact) mass is 312 g/mol. The molecule has 2 amide bonds. The van der Waals surface area contributed by atoms with Crippen molar-refractivity contribution in [1.29, 1.82) is 0 Å². The molecule has 120 valence electrons. The van der Waals surface area contributed by atoms with Crippen molar-refractivity contribution in [3.63, 3.8) is 0 Å². The first-order valence-electron chi connectivity index (χ1n) is 7.68. The Balaban J connectivity index is 1.69. The van der Waals surface area contributed by atoms with E-state index in [-0.39, 0.29) is 6.03 Å². The number of amides is 2. The number of anilines is 2. The van der Waals surface area contributed by atoms with Crippen LogP contribution in [-0.2, 0) is 0 Å². The third kappa shape index (κ3) is 3.71. The Morgan fingerprint density at radius 2 is 1.96 bits per heavy atom. The molecule has 0 radical (unpaired) electrons. The molecule has 1 saturated heterocycles. The molecule has 0 spiro atoms. The van der Waals surface area contributed by atoms with Gasteiger partial charge < -0.3 is 15.4 Å². The number of rotatable bonds is 3. The number of aryl methyl sites for hydroxylation is 1. The van der Waals surface area contributed by atoms with Crippen molar-refractivity contribution in [2.45, 2.75) is 19.8 Å². The van der Waals surface area contributed by atoms with E-state index in [1.54, 1.807) is 23.2 Å². The van der Waals surface area contributed by atoms with Gasteiger partial charge in [0.2, 0.25) is 0 Å². The second-order valence-corrected chi connectivity index (χ2v) is 5.62. The Morgan fingerprint density at radius 3 is 2.70 bits per heavy atom. The highest BCUT2D eigenvalue weighted by Crippen LogP contribution is 2.26. The molecular weight excluding hydrogens is 292 g/mol. The first kappa shape index (κ1) is 15.1. The molecule has 6 nitrogen and oxygen atoms in total. The van der Waals surface area contributed by atoms with Crippen molar-refractivity contribution in [2.75, 3.05) is 24.1 Å². The van der Waals surface area contributed by atoms with Crippen LogP contribution in [0.5, 0.6) is 11.5 Å². The van der Waals surface area contributed by atoms with Gasteiger partial charge in [-0.3, -0.25) is 5.32 Å². The van der Waals surface area contributed by atoms with E-state index in [1.807, 2.05) is 25.1 Å². The molecule has 1 aliphatic heterocycles. The summed E-state index contributed by atoms with van der Waals surface area (Å²) in [4.78, 5) is 18.0. The maximum absolute atomic E-state index is 12.1. The van der Waals surface area contributed by atoms with Crippen molar-refractivity contribution < 1.29 is 9.53 Å². The average molecular weight is 312 g/mol. The largest absolute Gasteiger partial charge is 0.457 e. The number of benzene rings is 1. The molecule has 3 rings (SSSR count). The summed E-state index contributed by atoms with van der Waals surface area (Å²) in [5.74, 6) is 1.78. The fourth-order valence-corrected chi connectivity index (χ4v) is 2.50. The molecular formula is C17H20N4O2. The summed E-state index contributed by atoms with van der Waals surface area (Å²) in [6.07, 6.45) is 3.72. The fraction of sp³-hybridized carbons (Fsp3) is 0.294. The molecule has 0 bridgehead atoms. The van der Waals surface area contributed by atoms with Gasteiger partial charge in [-0.1, -0.05) is 0 Å².